The molecule has 0 aliphatic carbocycles. The topological polar surface area (TPSA) is 142 Å². The average Bonchev–Trinajstić information content (AvgIpc) is 3.30. The Hall–Kier alpha value is -3.71. The lowest BCUT2D eigenvalue weighted by atomic mass is 10.1. The van der Waals surface area contributed by atoms with E-state index >= 15 is 0 Å². The third-order valence-electron chi connectivity index (χ3n) is 4.85. The zero-order valence-corrected chi connectivity index (χ0v) is 18.5. The maximum absolute atomic E-state index is 12.8. The van der Waals surface area contributed by atoms with Crippen molar-refractivity contribution >= 4 is 45.7 Å². The highest BCUT2D eigenvalue weighted by atomic mass is 32.2. The lowest BCUT2D eigenvalue weighted by Crippen LogP contribution is -2.35. The second-order valence-corrected chi connectivity index (χ2v) is 9.49. The summed E-state index contributed by atoms with van der Waals surface area (Å²) in [6.45, 7) is 1.72. The van der Waals surface area contributed by atoms with Crippen molar-refractivity contribution in [3.05, 3.63) is 41.6 Å². The van der Waals surface area contributed by atoms with Crippen molar-refractivity contribution in [3.63, 3.8) is 0 Å². The minimum atomic E-state index is -3.60. The molecule has 166 valence electrons. The van der Waals surface area contributed by atoms with Crippen LogP contribution in [0.15, 0.2) is 50.3 Å². The molecular formula is C19H20N8O4S. The molecule has 1 N–H and O–H groups in total. The maximum Gasteiger partial charge on any atom is 0.265 e. The molecule has 0 radical (unpaired) electrons. The minimum Gasteiger partial charge on any atom is -0.306 e. The van der Waals surface area contributed by atoms with Crippen LogP contribution in [0.2, 0.25) is 0 Å². The SMILES string of the molecule is Cc1cc(NC(=O)c2ccc(S(=O)(=O)N(C)C)cc2)n(C2=NC(=O)C3C=NN(C)C3=N2)n1. The second-order valence-electron chi connectivity index (χ2n) is 7.33. The van der Waals surface area contributed by atoms with Gasteiger partial charge in [-0.1, -0.05) is 0 Å². The Labute approximate surface area is 184 Å². The van der Waals surface area contributed by atoms with Crippen LogP contribution in [0.25, 0.3) is 0 Å². The monoisotopic (exact) mass is 456 g/mol. The van der Waals surface area contributed by atoms with Crippen LogP contribution in [-0.2, 0) is 14.8 Å². The number of carbonyl (C=O) groups excluding carboxylic acids is 2. The number of hydrogen-bond donors (Lipinski definition) is 1. The number of amides is 2. The number of rotatable bonds is 4. The van der Waals surface area contributed by atoms with E-state index < -0.39 is 27.8 Å². The highest BCUT2D eigenvalue weighted by molar-refractivity contribution is 7.89. The molecule has 1 unspecified atom stereocenters. The number of hydrazone groups is 1. The first kappa shape index (κ1) is 21.5. The number of benzene rings is 1. The number of aromatic nitrogens is 2. The van der Waals surface area contributed by atoms with E-state index in [1.54, 1.807) is 20.0 Å². The fourth-order valence-electron chi connectivity index (χ4n) is 3.12. The standard InChI is InChI=1S/C19H20N8O4S/c1-11-9-15(21-17(28)12-5-7-13(8-6-12)32(30,31)25(2)3)27(24-11)19-22-16-14(18(29)23-19)10-20-26(16)4/h5-10,14H,1-4H3,(H,21,28). The Bertz CT molecular complexity index is 1310. The molecule has 4 rings (SSSR count). The first-order valence-electron chi connectivity index (χ1n) is 9.48. The van der Waals surface area contributed by atoms with Crippen LogP contribution in [0.5, 0.6) is 0 Å². The maximum atomic E-state index is 12.8. The lowest BCUT2D eigenvalue weighted by molar-refractivity contribution is -0.118. The molecule has 2 amide bonds. The summed E-state index contributed by atoms with van der Waals surface area (Å²) in [5, 5.41) is 12.5. The molecule has 2 aliphatic heterocycles. The van der Waals surface area contributed by atoms with E-state index in [1.165, 1.54) is 54.3 Å². The summed E-state index contributed by atoms with van der Waals surface area (Å²) in [4.78, 5) is 33.6. The Morgan fingerprint density at radius 1 is 1.16 bits per heavy atom. The van der Waals surface area contributed by atoms with Crippen LogP contribution in [0.1, 0.15) is 16.1 Å². The molecule has 32 heavy (non-hydrogen) atoms. The fourth-order valence-corrected chi connectivity index (χ4v) is 4.02. The van der Waals surface area contributed by atoms with Gasteiger partial charge in [0.15, 0.2) is 0 Å². The van der Waals surface area contributed by atoms with Crippen molar-refractivity contribution in [3.8, 4) is 0 Å². The molecule has 1 atom stereocenters. The first-order valence-corrected chi connectivity index (χ1v) is 10.9. The Balaban J connectivity index is 1.60. The van der Waals surface area contributed by atoms with E-state index in [-0.39, 0.29) is 22.2 Å². The van der Waals surface area contributed by atoms with E-state index in [2.05, 4.69) is 25.5 Å². The number of amidine groups is 1. The molecule has 0 fully saturated rings. The molecule has 12 nitrogen and oxygen atoms in total. The third-order valence-corrected chi connectivity index (χ3v) is 6.68. The normalized spacial score (nSPS) is 18.0. The van der Waals surface area contributed by atoms with Gasteiger partial charge >= 0.3 is 0 Å². The van der Waals surface area contributed by atoms with Crippen LogP contribution >= 0.6 is 0 Å². The summed E-state index contributed by atoms with van der Waals surface area (Å²) >= 11 is 0. The zero-order chi connectivity index (χ0) is 23.2. The molecule has 1 aromatic carbocycles. The second kappa shape index (κ2) is 7.76. The average molecular weight is 456 g/mol. The molecule has 0 spiro atoms. The van der Waals surface area contributed by atoms with Crippen molar-refractivity contribution < 1.29 is 18.0 Å². The number of aryl methyl sites for hydroxylation is 1. The van der Waals surface area contributed by atoms with Crippen molar-refractivity contribution in [2.24, 2.45) is 21.0 Å². The van der Waals surface area contributed by atoms with Crippen molar-refractivity contribution in [2.45, 2.75) is 11.8 Å². The summed E-state index contributed by atoms with van der Waals surface area (Å²) < 4.78 is 26.8. The van der Waals surface area contributed by atoms with Gasteiger partial charge in [-0.2, -0.15) is 24.9 Å². The Kier molecular flexibility index (Phi) is 5.22. The van der Waals surface area contributed by atoms with Crippen LogP contribution < -0.4 is 5.32 Å². The van der Waals surface area contributed by atoms with Crippen LogP contribution in [0, 0.1) is 12.8 Å². The van der Waals surface area contributed by atoms with E-state index in [0.29, 0.717) is 11.5 Å². The smallest absolute Gasteiger partial charge is 0.265 e. The quantitative estimate of drug-likeness (QED) is 0.705. The molecule has 3 heterocycles. The van der Waals surface area contributed by atoms with Gasteiger partial charge in [0.1, 0.15) is 17.6 Å². The first-order chi connectivity index (χ1) is 15.1. The van der Waals surface area contributed by atoms with Gasteiger partial charge in [-0.25, -0.2) is 12.7 Å². The predicted octanol–water partition coefficient (Wildman–Crippen LogP) is 0.384. The van der Waals surface area contributed by atoms with Crippen molar-refractivity contribution in [2.75, 3.05) is 26.5 Å². The molecular weight excluding hydrogens is 436 g/mol. The van der Waals surface area contributed by atoms with Crippen LogP contribution in [-0.4, -0.2) is 78.5 Å². The Morgan fingerprint density at radius 2 is 1.84 bits per heavy atom. The Morgan fingerprint density at radius 3 is 2.50 bits per heavy atom. The van der Waals surface area contributed by atoms with Crippen LogP contribution in [0.4, 0.5) is 5.82 Å². The molecule has 2 aromatic rings. The van der Waals surface area contributed by atoms with Gasteiger partial charge in [-0.05, 0) is 31.2 Å². The third kappa shape index (κ3) is 3.71. The summed E-state index contributed by atoms with van der Waals surface area (Å²) in [5.74, 6) is -0.864. The number of hydrogen-bond acceptors (Lipinski definition) is 8. The summed E-state index contributed by atoms with van der Waals surface area (Å²) in [6.07, 6.45) is 1.47. The number of nitrogens with one attached hydrogen (secondary N) is 1. The molecule has 2 aliphatic rings. The number of anilines is 1. The van der Waals surface area contributed by atoms with Gasteiger partial charge < -0.3 is 5.32 Å². The highest BCUT2D eigenvalue weighted by Gasteiger charge is 2.35. The van der Waals surface area contributed by atoms with Gasteiger partial charge in [-0.15, -0.1) is 0 Å². The van der Waals surface area contributed by atoms with Crippen molar-refractivity contribution in [1.29, 1.82) is 0 Å². The molecule has 0 bridgehead atoms. The highest BCUT2D eigenvalue weighted by Crippen LogP contribution is 2.20. The summed E-state index contributed by atoms with van der Waals surface area (Å²) in [5.41, 5.74) is 0.811. The van der Waals surface area contributed by atoms with Gasteiger partial charge in [0.05, 0.1) is 10.6 Å². The minimum absolute atomic E-state index is 0.00873. The van der Waals surface area contributed by atoms with E-state index in [4.69, 9.17) is 0 Å². The fraction of sp³-hybridized carbons (Fsp3) is 0.263. The molecule has 0 saturated heterocycles. The van der Waals surface area contributed by atoms with Gasteiger partial charge in [0.25, 0.3) is 17.8 Å². The zero-order valence-electron chi connectivity index (χ0n) is 17.7. The van der Waals surface area contributed by atoms with Gasteiger partial charge in [-0.3, -0.25) is 14.6 Å². The predicted molar refractivity (Wildman–Crippen MR) is 117 cm³/mol. The largest absolute Gasteiger partial charge is 0.306 e. The lowest BCUT2D eigenvalue weighted by Gasteiger charge is -2.17. The van der Waals surface area contributed by atoms with Gasteiger partial charge in [0.2, 0.25) is 10.0 Å². The van der Waals surface area contributed by atoms with E-state index in [0.717, 1.165) is 4.31 Å². The molecule has 0 saturated carbocycles. The number of fused-ring (bicyclic) bond motifs is 1. The van der Waals surface area contributed by atoms with E-state index in [1.807, 2.05) is 0 Å². The number of carbonyl (C=O) groups is 2. The summed E-state index contributed by atoms with van der Waals surface area (Å²) in [6, 6.07) is 7.15. The number of aliphatic imine (C=N–C) groups is 2. The van der Waals surface area contributed by atoms with Crippen molar-refractivity contribution in [1.82, 2.24) is 19.1 Å². The van der Waals surface area contributed by atoms with Gasteiger partial charge in [0, 0.05) is 39.0 Å². The van der Waals surface area contributed by atoms with E-state index in [9.17, 15) is 18.0 Å². The number of sulfonamides is 1. The summed E-state index contributed by atoms with van der Waals surface area (Å²) in [7, 11) is 0.927. The molecule has 1 aromatic heterocycles. The van der Waals surface area contributed by atoms with Crippen LogP contribution in [0.3, 0.4) is 0 Å². The number of nitrogens with zero attached hydrogens (tertiary/aromatic N) is 7. The molecule has 13 heteroatoms.